The molecule has 0 saturated carbocycles. The number of hydrogen-bond donors (Lipinski definition) is 0. The van der Waals surface area contributed by atoms with Gasteiger partial charge in [0.15, 0.2) is 0 Å². The van der Waals surface area contributed by atoms with Crippen LogP contribution in [0.1, 0.15) is 17.0 Å². The van der Waals surface area contributed by atoms with Gasteiger partial charge in [-0.2, -0.15) is 0 Å². The van der Waals surface area contributed by atoms with Gasteiger partial charge in [0.05, 0.1) is 0 Å². The van der Waals surface area contributed by atoms with E-state index in [1.54, 1.807) is 0 Å². The van der Waals surface area contributed by atoms with Gasteiger partial charge in [-0.3, -0.25) is 0 Å². The zero-order chi connectivity index (χ0) is 12.4. The van der Waals surface area contributed by atoms with E-state index in [0.29, 0.717) is 0 Å². The largest absolute Gasteiger partial charge is 0.337 e. The second-order valence-corrected chi connectivity index (χ2v) is 5.35. The maximum Gasteiger partial charge on any atom is 0.225 e. The third-order valence-electron chi connectivity index (χ3n) is 3.11. The van der Waals surface area contributed by atoms with Crippen molar-refractivity contribution < 1.29 is 0 Å². The first-order valence-corrected chi connectivity index (χ1v) is 6.98. The molecular weight excluding hydrogens is 242 g/mol. The Morgan fingerprint density at radius 3 is 2.94 bits per heavy atom. The van der Waals surface area contributed by atoms with Crippen molar-refractivity contribution >= 4 is 22.9 Å². The van der Waals surface area contributed by atoms with Crippen molar-refractivity contribution in [1.82, 2.24) is 9.97 Å². The summed E-state index contributed by atoms with van der Waals surface area (Å²) >= 11 is 1.81. The van der Waals surface area contributed by atoms with E-state index in [-0.39, 0.29) is 0 Å². The molecule has 2 aromatic heterocycles. The van der Waals surface area contributed by atoms with E-state index in [1.165, 1.54) is 10.5 Å². The first-order chi connectivity index (χ1) is 8.83. The maximum atomic E-state index is 4.47. The van der Waals surface area contributed by atoms with Gasteiger partial charge < -0.3 is 4.90 Å². The minimum Gasteiger partial charge on any atom is -0.337 e. The fourth-order valence-corrected chi connectivity index (χ4v) is 2.92. The van der Waals surface area contributed by atoms with Gasteiger partial charge in [0.25, 0.3) is 0 Å². The predicted molar refractivity (Wildman–Crippen MR) is 75.9 cm³/mol. The quantitative estimate of drug-likeness (QED) is 0.827. The van der Waals surface area contributed by atoms with E-state index >= 15 is 0 Å². The first kappa shape index (κ1) is 11.4. The average Bonchev–Trinajstić information content (AvgIpc) is 2.93. The molecule has 0 saturated heterocycles. The summed E-state index contributed by atoms with van der Waals surface area (Å²) in [6, 6.07) is 6.23. The Labute approximate surface area is 111 Å². The summed E-state index contributed by atoms with van der Waals surface area (Å²) in [4.78, 5) is 12.4. The van der Waals surface area contributed by atoms with E-state index in [0.717, 1.165) is 31.2 Å². The topological polar surface area (TPSA) is 29.0 Å². The summed E-state index contributed by atoms with van der Waals surface area (Å²) in [5.41, 5.74) is 2.47. The van der Waals surface area contributed by atoms with Gasteiger partial charge in [-0.05, 0) is 36.4 Å². The first-order valence-electron chi connectivity index (χ1n) is 6.10. The van der Waals surface area contributed by atoms with Gasteiger partial charge in [0.1, 0.15) is 0 Å². The number of rotatable bonds is 2. The van der Waals surface area contributed by atoms with Gasteiger partial charge in [0, 0.05) is 29.9 Å². The van der Waals surface area contributed by atoms with Crippen LogP contribution in [0.3, 0.4) is 0 Å². The highest BCUT2D eigenvalue weighted by atomic mass is 32.1. The Hall–Kier alpha value is -1.68. The third kappa shape index (κ3) is 2.29. The highest BCUT2D eigenvalue weighted by molar-refractivity contribution is 7.11. The highest BCUT2D eigenvalue weighted by Gasteiger charge is 2.15. The molecule has 0 bridgehead atoms. The van der Waals surface area contributed by atoms with E-state index in [1.807, 2.05) is 30.5 Å². The van der Waals surface area contributed by atoms with Crippen molar-refractivity contribution in [2.24, 2.45) is 0 Å². The standard InChI is InChI=1S/C14H15N3S/c1-11-4-7-15-14(16-11)17-8-5-12(6-9-17)13-3-2-10-18-13/h2-5,7,10H,6,8-9H2,1H3. The summed E-state index contributed by atoms with van der Waals surface area (Å²) in [7, 11) is 0. The molecule has 92 valence electrons. The summed E-state index contributed by atoms with van der Waals surface area (Å²) in [6.07, 6.45) is 5.19. The molecule has 3 rings (SSSR count). The lowest BCUT2D eigenvalue weighted by Gasteiger charge is -2.26. The number of thiophene rings is 1. The average molecular weight is 257 g/mol. The van der Waals surface area contributed by atoms with Crippen LogP contribution in [-0.2, 0) is 0 Å². The molecule has 0 N–H and O–H groups in total. The van der Waals surface area contributed by atoms with Gasteiger partial charge >= 0.3 is 0 Å². The van der Waals surface area contributed by atoms with E-state index in [9.17, 15) is 0 Å². The van der Waals surface area contributed by atoms with Gasteiger partial charge in [0.2, 0.25) is 5.95 Å². The Bertz CT molecular complexity index is 560. The molecule has 2 aromatic rings. The number of hydrogen-bond acceptors (Lipinski definition) is 4. The van der Waals surface area contributed by atoms with E-state index in [4.69, 9.17) is 0 Å². The van der Waals surface area contributed by atoms with E-state index in [2.05, 4.69) is 38.5 Å². The zero-order valence-electron chi connectivity index (χ0n) is 10.3. The zero-order valence-corrected chi connectivity index (χ0v) is 11.2. The van der Waals surface area contributed by atoms with Crippen molar-refractivity contribution in [3.05, 3.63) is 46.4 Å². The van der Waals surface area contributed by atoms with Crippen molar-refractivity contribution in [3.63, 3.8) is 0 Å². The van der Waals surface area contributed by atoms with Gasteiger partial charge in [-0.1, -0.05) is 12.1 Å². The van der Waals surface area contributed by atoms with Gasteiger partial charge in [-0.15, -0.1) is 11.3 Å². The SMILES string of the molecule is Cc1ccnc(N2CC=C(c3cccs3)CC2)n1. The molecular formula is C14H15N3S. The van der Waals surface area contributed by atoms with Crippen LogP contribution in [0.2, 0.25) is 0 Å². The monoisotopic (exact) mass is 257 g/mol. The lowest BCUT2D eigenvalue weighted by molar-refractivity contribution is 0.793. The molecule has 3 heterocycles. The third-order valence-corrected chi connectivity index (χ3v) is 4.06. The number of nitrogens with zero attached hydrogens (tertiary/aromatic N) is 3. The lowest BCUT2D eigenvalue weighted by atomic mass is 10.1. The summed E-state index contributed by atoms with van der Waals surface area (Å²) in [6.45, 7) is 3.89. The Kier molecular flexibility index (Phi) is 3.11. The van der Waals surface area contributed by atoms with Crippen molar-refractivity contribution in [2.75, 3.05) is 18.0 Å². The molecule has 0 amide bonds. The number of aromatic nitrogens is 2. The predicted octanol–water partition coefficient (Wildman–Crippen LogP) is 3.14. The lowest BCUT2D eigenvalue weighted by Crippen LogP contribution is -2.29. The van der Waals surface area contributed by atoms with Gasteiger partial charge in [-0.25, -0.2) is 9.97 Å². The van der Waals surface area contributed by atoms with Crippen molar-refractivity contribution in [1.29, 1.82) is 0 Å². The molecule has 0 aliphatic carbocycles. The van der Waals surface area contributed by atoms with E-state index < -0.39 is 0 Å². The summed E-state index contributed by atoms with van der Waals surface area (Å²) in [5.74, 6) is 0.844. The Morgan fingerprint density at radius 1 is 1.33 bits per heavy atom. The molecule has 4 heteroatoms. The molecule has 1 aliphatic heterocycles. The minimum absolute atomic E-state index is 0.844. The molecule has 0 atom stereocenters. The highest BCUT2D eigenvalue weighted by Crippen LogP contribution is 2.27. The fourth-order valence-electron chi connectivity index (χ4n) is 2.12. The van der Waals surface area contributed by atoms with Crippen LogP contribution in [0.4, 0.5) is 5.95 Å². The molecule has 0 spiro atoms. The van der Waals surface area contributed by atoms with Crippen LogP contribution in [0.15, 0.2) is 35.9 Å². The second kappa shape index (κ2) is 4.90. The van der Waals surface area contributed by atoms with Crippen LogP contribution in [0.5, 0.6) is 0 Å². The second-order valence-electron chi connectivity index (χ2n) is 4.40. The molecule has 1 aliphatic rings. The molecule has 0 unspecified atom stereocenters. The van der Waals surface area contributed by atoms with Crippen LogP contribution in [0.25, 0.3) is 5.57 Å². The molecule has 0 aromatic carbocycles. The summed E-state index contributed by atoms with van der Waals surface area (Å²) < 4.78 is 0. The molecule has 3 nitrogen and oxygen atoms in total. The maximum absolute atomic E-state index is 4.47. The van der Waals surface area contributed by atoms with Crippen LogP contribution < -0.4 is 4.90 Å². The molecule has 0 fully saturated rings. The van der Waals surface area contributed by atoms with Crippen LogP contribution in [0, 0.1) is 6.92 Å². The Balaban J connectivity index is 1.77. The summed E-state index contributed by atoms with van der Waals surface area (Å²) in [5, 5.41) is 2.13. The smallest absolute Gasteiger partial charge is 0.225 e. The van der Waals surface area contributed by atoms with Crippen LogP contribution in [-0.4, -0.2) is 23.1 Å². The molecule has 18 heavy (non-hydrogen) atoms. The Morgan fingerprint density at radius 2 is 2.28 bits per heavy atom. The normalized spacial score (nSPS) is 15.6. The molecule has 0 radical (unpaired) electrons. The van der Waals surface area contributed by atoms with Crippen LogP contribution >= 0.6 is 11.3 Å². The minimum atomic E-state index is 0.844. The fraction of sp³-hybridized carbons (Fsp3) is 0.286. The van der Waals surface area contributed by atoms with Crippen molar-refractivity contribution in [3.8, 4) is 0 Å². The van der Waals surface area contributed by atoms with Crippen molar-refractivity contribution in [2.45, 2.75) is 13.3 Å². The number of anilines is 1. The number of aryl methyl sites for hydroxylation is 1.